The minimum absolute atomic E-state index is 0.0679. The molecule has 3 rings (SSSR count). The Balaban J connectivity index is 1.78. The second-order valence-corrected chi connectivity index (χ2v) is 6.95. The predicted molar refractivity (Wildman–Crippen MR) is 109 cm³/mol. The van der Waals surface area contributed by atoms with Crippen LogP contribution in [0.4, 0.5) is 17.1 Å². The Kier molecular flexibility index (Phi) is 6.26. The van der Waals surface area contributed by atoms with Crippen LogP contribution in [0.2, 0.25) is 0 Å². The van der Waals surface area contributed by atoms with Crippen LogP contribution >= 0.6 is 0 Å². The van der Waals surface area contributed by atoms with Gasteiger partial charge in [0.1, 0.15) is 5.69 Å². The van der Waals surface area contributed by atoms with Crippen LogP contribution in [0.1, 0.15) is 42.1 Å². The Morgan fingerprint density at radius 1 is 1.21 bits per heavy atom. The van der Waals surface area contributed by atoms with Gasteiger partial charge in [-0.15, -0.1) is 0 Å². The van der Waals surface area contributed by atoms with E-state index in [4.69, 9.17) is 4.74 Å². The lowest BCUT2D eigenvalue weighted by atomic mass is 9.98. The molecule has 1 N–H and O–H groups in total. The molecule has 148 valence electrons. The second kappa shape index (κ2) is 8.84. The van der Waals surface area contributed by atoms with Gasteiger partial charge in [0.05, 0.1) is 18.1 Å². The Morgan fingerprint density at radius 2 is 1.89 bits per heavy atom. The van der Waals surface area contributed by atoms with Gasteiger partial charge in [0.15, 0.2) is 0 Å². The Labute approximate surface area is 164 Å². The van der Waals surface area contributed by atoms with Crippen molar-refractivity contribution in [2.45, 2.75) is 26.2 Å². The van der Waals surface area contributed by atoms with Gasteiger partial charge >= 0.3 is 0 Å². The number of anilines is 2. The van der Waals surface area contributed by atoms with Crippen LogP contribution < -0.4 is 10.2 Å². The zero-order chi connectivity index (χ0) is 20.1. The van der Waals surface area contributed by atoms with Crippen LogP contribution in [0.5, 0.6) is 0 Å². The number of nitro groups is 1. The Bertz CT molecular complexity index is 845. The zero-order valence-corrected chi connectivity index (χ0v) is 16.2. The molecule has 0 aliphatic carbocycles. The fraction of sp³-hybridized carbons (Fsp3) is 0.381. The van der Waals surface area contributed by atoms with Gasteiger partial charge in [-0.2, -0.15) is 0 Å². The number of nitrogens with one attached hydrogen (secondary N) is 1. The van der Waals surface area contributed by atoms with E-state index in [0.717, 1.165) is 6.42 Å². The summed E-state index contributed by atoms with van der Waals surface area (Å²) in [7, 11) is 0. The molecule has 1 heterocycles. The van der Waals surface area contributed by atoms with Crippen molar-refractivity contribution < 1.29 is 14.5 Å². The highest BCUT2D eigenvalue weighted by Gasteiger charge is 2.23. The maximum absolute atomic E-state index is 12.6. The molecule has 0 bridgehead atoms. The van der Waals surface area contributed by atoms with Gasteiger partial charge in [-0.25, -0.2) is 0 Å². The third-order valence-corrected chi connectivity index (χ3v) is 5.14. The molecule has 28 heavy (non-hydrogen) atoms. The first-order chi connectivity index (χ1) is 13.5. The van der Waals surface area contributed by atoms with E-state index < -0.39 is 4.92 Å². The number of nitro benzene ring substituents is 1. The number of carbonyl (C=O) groups excluding carboxylic acids is 1. The van der Waals surface area contributed by atoms with Gasteiger partial charge < -0.3 is 15.0 Å². The van der Waals surface area contributed by atoms with Crippen LogP contribution in [0.15, 0.2) is 42.5 Å². The standard InChI is InChI=1S/C21H25N3O4/c1-3-15(2)16-4-7-18(8-5-16)22-21(25)17-6-9-19(20(14-17)24(26)27)23-10-12-28-13-11-23/h4-9,14-15H,3,10-13H2,1-2H3,(H,22,25)/t15-/m0/s1. The van der Waals surface area contributed by atoms with Crippen LogP contribution in [0.3, 0.4) is 0 Å². The van der Waals surface area contributed by atoms with E-state index in [1.807, 2.05) is 29.2 Å². The minimum atomic E-state index is -0.442. The molecule has 0 unspecified atom stereocenters. The monoisotopic (exact) mass is 383 g/mol. The summed E-state index contributed by atoms with van der Waals surface area (Å²) in [5, 5.41) is 14.4. The van der Waals surface area contributed by atoms with Gasteiger partial charge in [-0.3, -0.25) is 14.9 Å². The average Bonchev–Trinajstić information content (AvgIpc) is 2.73. The van der Waals surface area contributed by atoms with Crippen molar-refractivity contribution in [3.05, 3.63) is 63.7 Å². The van der Waals surface area contributed by atoms with E-state index in [1.54, 1.807) is 12.1 Å². The number of hydrogen-bond donors (Lipinski definition) is 1. The number of ether oxygens (including phenoxy) is 1. The van der Waals surface area contributed by atoms with Crippen molar-refractivity contribution in [1.29, 1.82) is 0 Å². The van der Waals surface area contributed by atoms with Crippen molar-refractivity contribution in [1.82, 2.24) is 0 Å². The topological polar surface area (TPSA) is 84.7 Å². The van der Waals surface area contributed by atoms with Crippen molar-refractivity contribution in [2.24, 2.45) is 0 Å². The lowest BCUT2D eigenvalue weighted by Gasteiger charge is -2.28. The smallest absolute Gasteiger partial charge is 0.293 e. The van der Waals surface area contributed by atoms with Crippen LogP contribution in [-0.2, 0) is 4.74 Å². The number of nitrogens with zero attached hydrogens (tertiary/aromatic N) is 2. The molecule has 0 saturated carbocycles. The molecule has 7 heteroatoms. The fourth-order valence-electron chi connectivity index (χ4n) is 3.22. The summed E-state index contributed by atoms with van der Waals surface area (Å²) < 4.78 is 5.30. The molecule has 1 amide bonds. The highest BCUT2D eigenvalue weighted by molar-refractivity contribution is 6.05. The largest absolute Gasteiger partial charge is 0.378 e. The van der Waals surface area contributed by atoms with Crippen molar-refractivity contribution >= 4 is 23.0 Å². The maximum Gasteiger partial charge on any atom is 0.293 e. The van der Waals surface area contributed by atoms with Crippen LogP contribution in [0.25, 0.3) is 0 Å². The maximum atomic E-state index is 12.6. The molecule has 1 atom stereocenters. The second-order valence-electron chi connectivity index (χ2n) is 6.95. The third kappa shape index (κ3) is 4.48. The summed E-state index contributed by atoms with van der Waals surface area (Å²) in [5.41, 5.74) is 2.59. The van der Waals surface area contributed by atoms with Gasteiger partial charge in [0.25, 0.3) is 11.6 Å². The molecule has 2 aromatic rings. The number of benzene rings is 2. The van der Waals surface area contributed by atoms with Crippen molar-refractivity contribution in [2.75, 3.05) is 36.5 Å². The summed E-state index contributed by atoms with van der Waals surface area (Å²) in [6.07, 6.45) is 1.05. The summed E-state index contributed by atoms with van der Waals surface area (Å²) >= 11 is 0. The molecule has 2 aromatic carbocycles. The number of amides is 1. The Morgan fingerprint density at radius 3 is 2.50 bits per heavy atom. The molecule has 1 saturated heterocycles. The van der Waals surface area contributed by atoms with Gasteiger partial charge in [-0.1, -0.05) is 26.0 Å². The zero-order valence-electron chi connectivity index (χ0n) is 16.2. The first kappa shape index (κ1) is 19.8. The first-order valence-electron chi connectivity index (χ1n) is 9.52. The van der Waals surface area contributed by atoms with Crippen molar-refractivity contribution in [3.8, 4) is 0 Å². The fourth-order valence-corrected chi connectivity index (χ4v) is 3.22. The molecule has 0 aromatic heterocycles. The van der Waals surface area contributed by atoms with Crippen molar-refractivity contribution in [3.63, 3.8) is 0 Å². The highest BCUT2D eigenvalue weighted by Crippen LogP contribution is 2.30. The molecule has 7 nitrogen and oxygen atoms in total. The summed E-state index contributed by atoms with van der Waals surface area (Å²) in [5.74, 6) is 0.0908. The van der Waals surface area contributed by atoms with Gasteiger partial charge in [0.2, 0.25) is 0 Å². The van der Waals surface area contributed by atoms with Crippen LogP contribution in [-0.4, -0.2) is 37.1 Å². The summed E-state index contributed by atoms with van der Waals surface area (Å²) in [6.45, 7) is 6.54. The predicted octanol–water partition coefficient (Wildman–Crippen LogP) is 4.20. The molecule has 0 radical (unpaired) electrons. The number of rotatable bonds is 6. The number of carbonyl (C=O) groups is 1. The SMILES string of the molecule is CC[C@H](C)c1ccc(NC(=O)c2ccc(N3CCOCC3)c([N+](=O)[O-])c2)cc1. The molecule has 0 spiro atoms. The van der Waals surface area contributed by atoms with Crippen LogP contribution in [0, 0.1) is 10.1 Å². The lowest BCUT2D eigenvalue weighted by Crippen LogP contribution is -2.36. The third-order valence-electron chi connectivity index (χ3n) is 5.14. The average molecular weight is 383 g/mol. The highest BCUT2D eigenvalue weighted by atomic mass is 16.6. The minimum Gasteiger partial charge on any atom is -0.378 e. The Hall–Kier alpha value is -2.93. The summed E-state index contributed by atoms with van der Waals surface area (Å²) in [4.78, 5) is 25.6. The van der Waals surface area contributed by atoms with E-state index in [1.165, 1.54) is 11.6 Å². The molecule has 1 fully saturated rings. The molecular weight excluding hydrogens is 358 g/mol. The number of morpholine rings is 1. The van der Waals surface area contributed by atoms with E-state index in [9.17, 15) is 14.9 Å². The first-order valence-corrected chi connectivity index (χ1v) is 9.52. The van der Waals surface area contributed by atoms with E-state index in [2.05, 4.69) is 19.2 Å². The van der Waals surface area contributed by atoms with E-state index >= 15 is 0 Å². The van der Waals surface area contributed by atoms with E-state index in [0.29, 0.717) is 43.6 Å². The van der Waals surface area contributed by atoms with E-state index in [-0.39, 0.29) is 17.2 Å². The summed E-state index contributed by atoms with van der Waals surface area (Å²) in [6, 6.07) is 12.3. The lowest BCUT2D eigenvalue weighted by molar-refractivity contribution is -0.384. The molecule has 1 aliphatic rings. The quantitative estimate of drug-likeness (QED) is 0.597. The molecular formula is C21H25N3O4. The van der Waals surface area contributed by atoms with Gasteiger partial charge in [0, 0.05) is 30.4 Å². The van der Waals surface area contributed by atoms with Gasteiger partial charge in [-0.05, 0) is 42.2 Å². The number of hydrogen-bond acceptors (Lipinski definition) is 5. The molecule has 1 aliphatic heterocycles. The normalized spacial score (nSPS) is 15.1.